The monoisotopic (exact) mass is 581 g/mol. The Morgan fingerprint density at radius 1 is 0.976 bits per heavy atom. The number of sulfonamides is 1. The van der Waals surface area contributed by atoms with Crippen molar-refractivity contribution in [3.63, 3.8) is 0 Å². The highest BCUT2D eigenvalue weighted by molar-refractivity contribution is 7.92. The van der Waals surface area contributed by atoms with Gasteiger partial charge in [0.2, 0.25) is 11.8 Å². The Labute approximate surface area is 241 Å². The number of amides is 2. The van der Waals surface area contributed by atoms with E-state index in [1.807, 2.05) is 6.92 Å². The van der Waals surface area contributed by atoms with E-state index in [-0.39, 0.29) is 29.1 Å². The molecule has 0 aliphatic heterocycles. The van der Waals surface area contributed by atoms with Crippen molar-refractivity contribution in [2.45, 2.75) is 63.1 Å². The predicted octanol–water partition coefficient (Wildman–Crippen LogP) is 4.90. The van der Waals surface area contributed by atoms with Crippen LogP contribution in [0.2, 0.25) is 0 Å². The first-order valence-electron chi connectivity index (χ1n) is 13.8. The van der Waals surface area contributed by atoms with E-state index in [1.54, 1.807) is 61.5 Å². The van der Waals surface area contributed by atoms with Crippen LogP contribution in [-0.2, 0) is 26.2 Å². The number of anilines is 1. The lowest BCUT2D eigenvalue weighted by molar-refractivity contribution is -0.139. The molecule has 8 nitrogen and oxygen atoms in total. The lowest BCUT2D eigenvalue weighted by Crippen LogP contribution is -2.52. The second-order valence-electron chi connectivity index (χ2n) is 10.1. The molecule has 218 valence electrons. The summed E-state index contributed by atoms with van der Waals surface area (Å²) in [6, 6.07) is 19.1. The summed E-state index contributed by atoms with van der Waals surface area (Å²) in [5.74, 6) is -0.744. The Balaban J connectivity index is 1.67. The highest BCUT2D eigenvalue weighted by Crippen LogP contribution is 2.27. The highest BCUT2D eigenvalue weighted by Gasteiger charge is 2.33. The van der Waals surface area contributed by atoms with Crippen molar-refractivity contribution in [3.8, 4) is 5.75 Å². The smallest absolute Gasteiger partial charge is 0.264 e. The maximum atomic E-state index is 14.0. The summed E-state index contributed by atoms with van der Waals surface area (Å²) in [6.45, 7) is 3.37. The predicted molar refractivity (Wildman–Crippen MR) is 155 cm³/mol. The van der Waals surface area contributed by atoms with E-state index in [9.17, 15) is 22.4 Å². The minimum atomic E-state index is -4.16. The minimum absolute atomic E-state index is 0.000862. The van der Waals surface area contributed by atoms with Crippen LogP contribution in [0, 0.1) is 5.82 Å². The molecule has 0 unspecified atom stereocenters. The summed E-state index contributed by atoms with van der Waals surface area (Å²) >= 11 is 0. The van der Waals surface area contributed by atoms with E-state index in [4.69, 9.17) is 4.74 Å². The average Bonchev–Trinajstić information content (AvgIpc) is 3.49. The van der Waals surface area contributed by atoms with Gasteiger partial charge in [0.25, 0.3) is 10.0 Å². The summed E-state index contributed by atoms with van der Waals surface area (Å²) in [6.07, 6.45) is 3.83. The number of carbonyl (C=O) groups excluding carboxylic acids is 2. The summed E-state index contributed by atoms with van der Waals surface area (Å²) in [5.41, 5.74) is 0.884. The number of halogens is 1. The zero-order chi connectivity index (χ0) is 29.4. The molecule has 41 heavy (non-hydrogen) atoms. The zero-order valence-electron chi connectivity index (χ0n) is 23.3. The normalized spacial score (nSPS) is 14.3. The van der Waals surface area contributed by atoms with Gasteiger partial charge in [0.15, 0.2) is 0 Å². The molecule has 1 atom stereocenters. The zero-order valence-corrected chi connectivity index (χ0v) is 24.1. The van der Waals surface area contributed by atoms with Crippen molar-refractivity contribution in [1.82, 2.24) is 10.2 Å². The molecule has 1 N–H and O–H groups in total. The molecule has 0 radical (unpaired) electrons. The van der Waals surface area contributed by atoms with Gasteiger partial charge >= 0.3 is 0 Å². The molecule has 0 bridgehead atoms. The lowest BCUT2D eigenvalue weighted by Gasteiger charge is -2.32. The van der Waals surface area contributed by atoms with E-state index >= 15 is 0 Å². The number of carbonyl (C=O) groups is 2. The number of nitrogens with one attached hydrogen (secondary N) is 1. The third-order valence-electron chi connectivity index (χ3n) is 7.18. The summed E-state index contributed by atoms with van der Waals surface area (Å²) in [4.78, 5) is 28.6. The van der Waals surface area contributed by atoms with Crippen molar-refractivity contribution >= 4 is 27.5 Å². The SMILES string of the molecule is CCOc1ccc(N(CC(=O)N(Cc2ccc(F)cc2)[C@H](C)C(=O)NC2CCCC2)S(=O)(=O)c2ccccc2)cc1. The molecule has 2 amide bonds. The fourth-order valence-electron chi connectivity index (χ4n) is 4.88. The maximum Gasteiger partial charge on any atom is 0.264 e. The van der Waals surface area contributed by atoms with Gasteiger partial charge in [0, 0.05) is 12.6 Å². The number of benzene rings is 3. The summed E-state index contributed by atoms with van der Waals surface area (Å²) in [5, 5.41) is 3.03. The first-order valence-corrected chi connectivity index (χ1v) is 15.3. The van der Waals surface area contributed by atoms with Gasteiger partial charge in [-0.1, -0.05) is 43.2 Å². The van der Waals surface area contributed by atoms with Crippen molar-refractivity contribution in [2.24, 2.45) is 0 Å². The highest BCUT2D eigenvalue weighted by atomic mass is 32.2. The molecular weight excluding hydrogens is 545 g/mol. The van der Waals surface area contributed by atoms with Crippen molar-refractivity contribution in [2.75, 3.05) is 17.5 Å². The fraction of sp³-hybridized carbons (Fsp3) is 0.355. The molecular formula is C31H36FN3O5S. The minimum Gasteiger partial charge on any atom is -0.494 e. The average molecular weight is 582 g/mol. The molecule has 0 heterocycles. The molecule has 1 aliphatic carbocycles. The van der Waals surface area contributed by atoms with E-state index < -0.39 is 34.3 Å². The van der Waals surface area contributed by atoms with Crippen molar-refractivity contribution in [3.05, 3.63) is 90.2 Å². The van der Waals surface area contributed by atoms with Crippen LogP contribution in [0.15, 0.2) is 83.8 Å². The van der Waals surface area contributed by atoms with Crippen LogP contribution >= 0.6 is 0 Å². The Morgan fingerprint density at radius 3 is 2.22 bits per heavy atom. The van der Waals surface area contributed by atoms with Crippen LogP contribution in [-0.4, -0.2) is 50.4 Å². The first kappa shape index (κ1) is 30.0. The Kier molecular flexibility index (Phi) is 9.99. The van der Waals surface area contributed by atoms with E-state index in [0.717, 1.165) is 30.0 Å². The van der Waals surface area contributed by atoms with E-state index in [2.05, 4.69) is 5.32 Å². The third kappa shape index (κ3) is 7.64. The van der Waals surface area contributed by atoms with E-state index in [0.29, 0.717) is 17.9 Å². The van der Waals surface area contributed by atoms with Crippen LogP contribution in [0.4, 0.5) is 10.1 Å². The summed E-state index contributed by atoms with van der Waals surface area (Å²) < 4.78 is 47.8. The number of nitrogens with zero attached hydrogens (tertiary/aromatic N) is 2. The number of rotatable bonds is 12. The molecule has 0 spiro atoms. The molecule has 0 aromatic heterocycles. The molecule has 1 saturated carbocycles. The van der Waals surface area contributed by atoms with Crippen molar-refractivity contribution < 1.29 is 27.1 Å². The number of hydrogen-bond acceptors (Lipinski definition) is 5. The second-order valence-corrected chi connectivity index (χ2v) is 11.9. The van der Waals surface area contributed by atoms with Crippen LogP contribution < -0.4 is 14.4 Å². The third-order valence-corrected chi connectivity index (χ3v) is 8.97. The Bertz CT molecular complexity index is 1410. The first-order chi connectivity index (χ1) is 19.7. The molecule has 1 aliphatic rings. The number of hydrogen-bond donors (Lipinski definition) is 1. The second kappa shape index (κ2) is 13.6. The van der Waals surface area contributed by atoms with Crippen LogP contribution in [0.1, 0.15) is 45.1 Å². The molecule has 3 aromatic carbocycles. The standard InChI is InChI=1S/C31H36FN3O5S/c1-3-40-28-19-17-27(18-20-28)35(41(38,39)29-11-5-4-6-12-29)22-30(36)34(21-24-13-15-25(32)16-14-24)23(2)31(37)33-26-9-7-8-10-26/h4-6,11-20,23,26H,3,7-10,21-22H2,1-2H3,(H,33,37)/t23-/m1/s1. The van der Waals surface area contributed by atoms with Crippen LogP contribution in [0.3, 0.4) is 0 Å². The van der Waals surface area contributed by atoms with Gasteiger partial charge in [-0.05, 0) is 80.8 Å². The Hall–Kier alpha value is -3.92. The van der Waals surface area contributed by atoms with Gasteiger partial charge in [0.1, 0.15) is 24.2 Å². The van der Waals surface area contributed by atoms with Crippen LogP contribution in [0.25, 0.3) is 0 Å². The number of ether oxygens (including phenoxy) is 1. The van der Waals surface area contributed by atoms with Gasteiger partial charge in [-0.3, -0.25) is 13.9 Å². The molecule has 10 heteroatoms. The fourth-order valence-corrected chi connectivity index (χ4v) is 6.32. The molecule has 4 rings (SSSR count). The van der Waals surface area contributed by atoms with E-state index in [1.165, 1.54) is 29.2 Å². The van der Waals surface area contributed by atoms with Gasteiger partial charge in [-0.2, -0.15) is 0 Å². The maximum absolute atomic E-state index is 14.0. The topological polar surface area (TPSA) is 96.0 Å². The van der Waals surface area contributed by atoms with Crippen LogP contribution in [0.5, 0.6) is 5.75 Å². The largest absolute Gasteiger partial charge is 0.494 e. The Morgan fingerprint density at radius 2 is 1.61 bits per heavy atom. The van der Waals surface area contributed by atoms with Gasteiger partial charge in [-0.25, -0.2) is 12.8 Å². The van der Waals surface area contributed by atoms with Gasteiger partial charge in [-0.15, -0.1) is 0 Å². The summed E-state index contributed by atoms with van der Waals surface area (Å²) in [7, 11) is -4.16. The molecule has 1 fully saturated rings. The lowest BCUT2D eigenvalue weighted by atomic mass is 10.1. The molecule has 0 saturated heterocycles. The van der Waals surface area contributed by atoms with Gasteiger partial charge < -0.3 is 15.0 Å². The molecule has 3 aromatic rings. The van der Waals surface area contributed by atoms with Crippen molar-refractivity contribution in [1.29, 1.82) is 0 Å². The van der Waals surface area contributed by atoms with Gasteiger partial charge in [0.05, 0.1) is 17.2 Å². The quantitative estimate of drug-likeness (QED) is 0.329.